The van der Waals surface area contributed by atoms with E-state index in [1.165, 1.54) is 6.08 Å². The van der Waals surface area contributed by atoms with Crippen LogP contribution in [0.15, 0.2) is 59.3 Å². The number of rotatable bonds is 3. The van der Waals surface area contributed by atoms with Gasteiger partial charge in [0.2, 0.25) is 0 Å². The number of benzene rings is 1. The molecule has 4 heteroatoms. The number of esters is 1. The maximum absolute atomic E-state index is 11.6. The molecule has 0 radical (unpaired) electrons. The average molecular weight is 304 g/mol. The minimum Gasteiger partial charge on any atom is -0.420 e. The monoisotopic (exact) mass is 303 g/mol. The molecular weight excluding hydrogens is 294 g/mol. The molecule has 90 valence electrons. The van der Waals surface area contributed by atoms with Gasteiger partial charge < -0.3 is 4.74 Å². The first-order valence-electron chi connectivity index (χ1n) is 5.31. The summed E-state index contributed by atoms with van der Waals surface area (Å²) in [6.07, 6.45) is 4.70. The smallest absolute Gasteiger partial charge is 0.336 e. The van der Waals surface area contributed by atoms with Crippen molar-refractivity contribution < 1.29 is 9.53 Å². The second-order valence-electron chi connectivity index (χ2n) is 3.46. The summed E-state index contributed by atoms with van der Waals surface area (Å²) in [6, 6.07) is 12.9. The number of carbonyl (C=O) groups is 1. The molecule has 0 fully saturated rings. The van der Waals surface area contributed by atoms with Crippen molar-refractivity contribution in [2.75, 3.05) is 0 Å². The third kappa shape index (κ3) is 3.53. The lowest BCUT2D eigenvalue weighted by atomic mass is 10.2. The summed E-state index contributed by atoms with van der Waals surface area (Å²) in [4.78, 5) is 15.5. The number of halogens is 1. The van der Waals surface area contributed by atoms with Crippen LogP contribution in [0, 0.1) is 0 Å². The number of nitrogens with zero attached hydrogens (tertiary/aromatic N) is 1. The highest BCUT2D eigenvalue weighted by molar-refractivity contribution is 9.10. The van der Waals surface area contributed by atoms with Gasteiger partial charge in [-0.15, -0.1) is 0 Å². The second kappa shape index (κ2) is 6.12. The van der Waals surface area contributed by atoms with Gasteiger partial charge in [0.1, 0.15) is 4.60 Å². The molecule has 0 unspecified atom stereocenters. The number of carbonyl (C=O) groups excluding carboxylic acids is 1. The molecule has 0 amide bonds. The normalized spacial score (nSPS) is 10.5. The highest BCUT2D eigenvalue weighted by Gasteiger charge is 2.04. The Bertz CT molecular complexity index is 567. The van der Waals surface area contributed by atoms with Crippen LogP contribution in [-0.2, 0) is 4.79 Å². The molecule has 0 aliphatic heterocycles. The van der Waals surface area contributed by atoms with Gasteiger partial charge in [0.15, 0.2) is 5.75 Å². The molecule has 0 spiro atoms. The topological polar surface area (TPSA) is 39.2 Å². The maximum atomic E-state index is 11.6. The summed E-state index contributed by atoms with van der Waals surface area (Å²) in [6.45, 7) is 0. The zero-order chi connectivity index (χ0) is 12.8. The molecule has 0 bridgehead atoms. The molecule has 0 saturated carbocycles. The van der Waals surface area contributed by atoms with E-state index in [1.807, 2.05) is 30.3 Å². The maximum Gasteiger partial charge on any atom is 0.336 e. The SMILES string of the molecule is O=C(/C=C/c1ccccc1)Oc1cccnc1Br. The molecule has 3 nitrogen and oxygen atoms in total. The van der Waals surface area contributed by atoms with E-state index in [0.717, 1.165) is 5.56 Å². The minimum absolute atomic E-state index is 0.403. The Balaban J connectivity index is 2.02. The van der Waals surface area contributed by atoms with Crippen LogP contribution < -0.4 is 4.74 Å². The van der Waals surface area contributed by atoms with E-state index in [9.17, 15) is 4.79 Å². The molecule has 0 N–H and O–H groups in total. The van der Waals surface area contributed by atoms with E-state index in [0.29, 0.717) is 10.4 Å². The molecule has 2 aromatic rings. The van der Waals surface area contributed by atoms with Gasteiger partial charge in [0.25, 0.3) is 0 Å². The van der Waals surface area contributed by atoms with Gasteiger partial charge in [0, 0.05) is 12.3 Å². The zero-order valence-electron chi connectivity index (χ0n) is 9.42. The van der Waals surface area contributed by atoms with Crippen molar-refractivity contribution in [2.24, 2.45) is 0 Å². The van der Waals surface area contributed by atoms with E-state index < -0.39 is 5.97 Å². The lowest BCUT2D eigenvalue weighted by molar-refractivity contribution is -0.128. The van der Waals surface area contributed by atoms with Crippen LogP contribution in [0.5, 0.6) is 5.75 Å². The molecule has 0 aliphatic carbocycles. The largest absolute Gasteiger partial charge is 0.420 e. The molecule has 1 heterocycles. The predicted molar refractivity (Wildman–Crippen MR) is 73.0 cm³/mol. The number of ether oxygens (including phenoxy) is 1. The highest BCUT2D eigenvalue weighted by Crippen LogP contribution is 2.21. The highest BCUT2D eigenvalue weighted by atomic mass is 79.9. The summed E-state index contributed by atoms with van der Waals surface area (Å²) >= 11 is 3.21. The van der Waals surface area contributed by atoms with Crippen LogP contribution in [0.2, 0.25) is 0 Å². The molecule has 0 aliphatic rings. The van der Waals surface area contributed by atoms with Crippen LogP contribution >= 0.6 is 15.9 Å². The van der Waals surface area contributed by atoms with Crippen LogP contribution in [0.1, 0.15) is 5.56 Å². The van der Waals surface area contributed by atoms with E-state index in [2.05, 4.69) is 20.9 Å². The fourth-order valence-corrected chi connectivity index (χ4v) is 1.65. The Morgan fingerprint density at radius 1 is 1.17 bits per heavy atom. The number of hydrogen-bond acceptors (Lipinski definition) is 3. The van der Waals surface area contributed by atoms with Gasteiger partial charge in [-0.05, 0) is 39.7 Å². The van der Waals surface area contributed by atoms with E-state index in [4.69, 9.17) is 4.74 Å². The van der Waals surface area contributed by atoms with Crippen molar-refractivity contribution in [3.8, 4) is 5.75 Å². The standard InChI is InChI=1S/C14H10BrNO2/c15-14-12(7-4-10-16-14)18-13(17)9-8-11-5-2-1-3-6-11/h1-10H/b9-8+. The number of aromatic nitrogens is 1. The number of hydrogen-bond donors (Lipinski definition) is 0. The van der Waals surface area contributed by atoms with E-state index >= 15 is 0 Å². The summed E-state index contributed by atoms with van der Waals surface area (Å²) < 4.78 is 5.64. The van der Waals surface area contributed by atoms with Crippen molar-refractivity contribution in [2.45, 2.75) is 0 Å². The molecule has 18 heavy (non-hydrogen) atoms. The lowest BCUT2D eigenvalue weighted by Crippen LogP contribution is -2.04. The second-order valence-corrected chi connectivity index (χ2v) is 4.21. The molecule has 1 aromatic carbocycles. The third-order valence-corrected chi connectivity index (χ3v) is 2.74. The van der Waals surface area contributed by atoms with Crippen LogP contribution in [0.4, 0.5) is 0 Å². The van der Waals surface area contributed by atoms with Crippen LogP contribution in [0.3, 0.4) is 0 Å². The molecule has 1 aromatic heterocycles. The van der Waals surface area contributed by atoms with Crippen molar-refractivity contribution in [3.05, 3.63) is 64.9 Å². The molecule has 2 rings (SSSR count). The zero-order valence-corrected chi connectivity index (χ0v) is 11.0. The summed E-state index contributed by atoms with van der Waals surface area (Å²) in [7, 11) is 0. The average Bonchev–Trinajstić information content (AvgIpc) is 2.40. The van der Waals surface area contributed by atoms with Gasteiger partial charge >= 0.3 is 5.97 Å². The Morgan fingerprint density at radius 3 is 2.67 bits per heavy atom. The molecule has 0 saturated heterocycles. The third-order valence-electron chi connectivity index (χ3n) is 2.15. The van der Waals surface area contributed by atoms with Crippen molar-refractivity contribution in [1.82, 2.24) is 4.98 Å². The molecular formula is C14H10BrNO2. The summed E-state index contributed by atoms with van der Waals surface area (Å²) in [5, 5.41) is 0. The first kappa shape index (κ1) is 12.5. The van der Waals surface area contributed by atoms with Gasteiger partial charge in [-0.1, -0.05) is 30.3 Å². The first-order chi connectivity index (χ1) is 8.75. The van der Waals surface area contributed by atoms with Crippen molar-refractivity contribution in [1.29, 1.82) is 0 Å². The Hall–Kier alpha value is -1.94. The summed E-state index contributed by atoms with van der Waals surface area (Å²) in [5.74, 6) is -0.0345. The van der Waals surface area contributed by atoms with Gasteiger partial charge in [-0.25, -0.2) is 9.78 Å². The van der Waals surface area contributed by atoms with Gasteiger partial charge in [-0.2, -0.15) is 0 Å². The fourth-order valence-electron chi connectivity index (χ4n) is 1.32. The van der Waals surface area contributed by atoms with Crippen molar-refractivity contribution in [3.63, 3.8) is 0 Å². The first-order valence-corrected chi connectivity index (χ1v) is 6.10. The van der Waals surface area contributed by atoms with Gasteiger partial charge in [-0.3, -0.25) is 0 Å². The summed E-state index contributed by atoms with van der Waals surface area (Å²) in [5.41, 5.74) is 0.944. The minimum atomic E-state index is -0.437. The fraction of sp³-hybridized carbons (Fsp3) is 0. The Kier molecular flexibility index (Phi) is 4.25. The number of pyridine rings is 1. The predicted octanol–water partition coefficient (Wildman–Crippen LogP) is 3.46. The lowest BCUT2D eigenvalue weighted by Gasteiger charge is -2.01. The molecule has 0 atom stereocenters. The van der Waals surface area contributed by atoms with Crippen LogP contribution in [0.25, 0.3) is 6.08 Å². The van der Waals surface area contributed by atoms with E-state index in [1.54, 1.807) is 24.4 Å². The quantitative estimate of drug-likeness (QED) is 0.495. The Labute approximate surface area is 113 Å². The van der Waals surface area contributed by atoms with Crippen molar-refractivity contribution >= 4 is 28.0 Å². The Morgan fingerprint density at radius 2 is 1.94 bits per heavy atom. The van der Waals surface area contributed by atoms with E-state index in [-0.39, 0.29) is 0 Å². The van der Waals surface area contributed by atoms with Crippen LogP contribution in [-0.4, -0.2) is 11.0 Å². The van der Waals surface area contributed by atoms with Gasteiger partial charge in [0.05, 0.1) is 0 Å².